The molecule has 0 saturated carbocycles. The summed E-state index contributed by atoms with van der Waals surface area (Å²) in [6, 6.07) is 20.0. The minimum Gasteiger partial charge on any atom is -0.491 e. The Labute approximate surface area is 198 Å². The average molecular weight is 458 g/mol. The van der Waals surface area contributed by atoms with Crippen LogP contribution in [0.1, 0.15) is 42.4 Å². The predicted molar refractivity (Wildman–Crippen MR) is 134 cm³/mol. The second-order valence-corrected chi connectivity index (χ2v) is 7.90. The van der Waals surface area contributed by atoms with Gasteiger partial charge in [0, 0.05) is 16.8 Å². The van der Waals surface area contributed by atoms with E-state index in [1.54, 1.807) is 24.4 Å². The Morgan fingerprint density at radius 1 is 1.12 bits per heavy atom. The number of ether oxygens (including phenoxy) is 1. The van der Waals surface area contributed by atoms with Crippen molar-refractivity contribution in [2.24, 2.45) is 5.73 Å². The van der Waals surface area contributed by atoms with E-state index in [2.05, 4.69) is 15.3 Å². The second kappa shape index (κ2) is 10.2. The van der Waals surface area contributed by atoms with Crippen molar-refractivity contribution in [2.45, 2.75) is 26.3 Å². The highest BCUT2D eigenvalue weighted by Gasteiger charge is 2.25. The number of H-pyrrole nitrogens is 1. The van der Waals surface area contributed by atoms with Crippen molar-refractivity contribution in [3.63, 3.8) is 0 Å². The maximum absolute atomic E-state index is 15.7. The number of anilines is 1. The van der Waals surface area contributed by atoms with E-state index in [-0.39, 0.29) is 11.6 Å². The van der Waals surface area contributed by atoms with Gasteiger partial charge in [0.25, 0.3) is 0 Å². The van der Waals surface area contributed by atoms with Gasteiger partial charge in [-0.25, -0.2) is 9.37 Å². The number of imidazole rings is 1. The van der Waals surface area contributed by atoms with Crippen LogP contribution in [0.4, 0.5) is 10.1 Å². The summed E-state index contributed by atoms with van der Waals surface area (Å²) in [5.74, 6) is 0.369. The number of aryl methyl sites for hydroxylation is 1. The van der Waals surface area contributed by atoms with Gasteiger partial charge in [-0.15, -0.1) is 0 Å². The molecule has 0 radical (unpaired) electrons. The van der Waals surface area contributed by atoms with Crippen LogP contribution in [0.25, 0.3) is 11.3 Å². The van der Waals surface area contributed by atoms with Gasteiger partial charge in [-0.3, -0.25) is 5.41 Å². The van der Waals surface area contributed by atoms with Gasteiger partial charge >= 0.3 is 0 Å². The molecule has 0 spiro atoms. The van der Waals surface area contributed by atoms with Crippen LogP contribution in [0.5, 0.6) is 5.75 Å². The van der Waals surface area contributed by atoms with Gasteiger partial charge in [0.1, 0.15) is 17.7 Å². The molecule has 34 heavy (non-hydrogen) atoms. The first-order valence-electron chi connectivity index (χ1n) is 11.3. The molecule has 1 aromatic heterocycles. The zero-order chi connectivity index (χ0) is 24.1. The van der Waals surface area contributed by atoms with E-state index in [4.69, 9.17) is 15.9 Å². The lowest BCUT2D eigenvalue weighted by Crippen LogP contribution is -2.17. The zero-order valence-corrected chi connectivity index (χ0v) is 19.2. The molecule has 0 amide bonds. The van der Waals surface area contributed by atoms with Crippen molar-refractivity contribution >= 4 is 11.5 Å². The highest BCUT2D eigenvalue weighted by molar-refractivity contribution is 5.95. The molecule has 0 aliphatic rings. The third-order valence-electron chi connectivity index (χ3n) is 5.61. The zero-order valence-electron chi connectivity index (χ0n) is 19.2. The number of nitrogens with one attached hydrogen (secondary N) is 3. The normalized spacial score (nSPS) is 11.7. The monoisotopic (exact) mass is 457 g/mol. The van der Waals surface area contributed by atoms with E-state index in [0.29, 0.717) is 23.6 Å². The molecule has 0 aliphatic carbocycles. The molecule has 0 bridgehead atoms. The van der Waals surface area contributed by atoms with Crippen LogP contribution in [-0.4, -0.2) is 22.4 Å². The van der Waals surface area contributed by atoms with Crippen LogP contribution < -0.4 is 15.8 Å². The van der Waals surface area contributed by atoms with Gasteiger partial charge in [0.2, 0.25) is 0 Å². The predicted octanol–water partition coefficient (Wildman–Crippen LogP) is 5.66. The third-order valence-corrected chi connectivity index (χ3v) is 5.61. The van der Waals surface area contributed by atoms with Gasteiger partial charge in [-0.05, 0) is 54.8 Å². The third kappa shape index (κ3) is 4.93. The number of hydrogen-bond acceptors (Lipinski definition) is 4. The van der Waals surface area contributed by atoms with E-state index >= 15 is 4.39 Å². The summed E-state index contributed by atoms with van der Waals surface area (Å²) in [7, 11) is 0. The highest BCUT2D eigenvalue weighted by Crippen LogP contribution is 2.34. The first kappa shape index (κ1) is 23.0. The molecule has 1 atom stereocenters. The van der Waals surface area contributed by atoms with Crippen LogP contribution in [0.3, 0.4) is 0 Å². The van der Waals surface area contributed by atoms with Gasteiger partial charge in [-0.2, -0.15) is 0 Å². The lowest BCUT2D eigenvalue weighted by Gasteiger charge is -2.21. The molecule has 6 nitrogen and oxygen atoms in total. The van der Waals surface area contributed by atoms with Crippen LogP contribution in [0.15, 0.2) is 72.9 Å². The molecule has 1 unspecified atom stereocenters. The van der Waals surface area contributed by atoms with Crippen LogP contribution >= 0.6 is 0 Å². The Morgan fingerprint density at radius 2 is 1.85 bits per heavy atom. The maximum Gasteiger partial charge on any atom is 0.170 e. The van der Waals surface area contributed by atoms with E-state index in [9.17, 15) is 0 Å². The number of nitrogens with zero attached hydrogens (tertiary/aromatic N) is 1. The van der Waals surface area contributed by atoms with Crippen molar-refractivity contribution in [2.75, 3.05) is 11.9 Å². The van der Waals surface area contributed by atoms with E-state index < -0.39 is 11.9 Å². The minimum absolute atomic E-state index is 0.00955. The van der Waals surface area contributed by atoms with Gasteiger partial charge in [-0.1, -0.05) is 43.3 Å². The van der Waals surface area contributed by atoms with Crippen molar-refractivity contribution in [1.29, 1.82) is 5.41 Å². The van der Waals surface area contributed by atoms with Crippen LogP contribution in [0, 0.1) is 11.2 Å². The topological polar surface area (TPSA) is 99.8 Å². The summed E-state index contributed by atoms with van der Waals surface area (Å²) >= 11 is 0. The van der Waals surface area contributed by atoms with Gasteiger partial charge in [0.15, 0.2) is 11.6 Å². The molecule has 1 heterocycles. The average Bonchev–Trinajstić information content (AvgIpc) is 3.35. The first-order chi connectivity index (χ1) is 16.5. The molecular formula is C27H28FN5O. The van der Waals surface area contributed by atoms with E-state index in [1.165, 1.54) is 0 Å². The number of benzene rings is 3. The second-order valence-electron chi connectivity index (χ2n) is 7.90. The molecule has 3 aromatic carbocycles. The van der Waals surface area contributed by atoms with Crippen molar-refractivity contribution < 1.29 is 9.13 Å². The number of amidine groups is 1. The standard InChI is InChI=1S/C27H28FN5O/c1-3-17-14-21(24(28)23(15-17)34-4-2)25(32-20-12-10-19(11-13-20)26(29)30)27-31-16-22(33-27)18-8-6-5-7-9-18/h5-16,25,32H,3-4H2,1-2H3,(H3,29,30)(H,31,33). The minimum atomic E-state index is -0.605. The lowest BCUT2D eigenvalue weighted by atomic mass is 10.00. The number of aromatic nitrogens is 2. The maximum atomic E-state index is 15.7. The SMILES string of the molecule is CCOc1cc(CC)cc(C(Nc2ccc(C(=N)N)cc2)c2ncc(-c3ccccc3)[nH]2)c1F. The molecule has 0 saturated heterocycles. The summed E-state index contributed by atoms with van der Waals surface area (Å²) in [5, 5.41) is 11.0. The number of nitrogen functional groups attached to an aromatic ring is 1. The van der Waals surface area contributed by atoms with Gasteiger partial charge in [0.05, 0.1) is 18.5 Å². The Kier molecular flexibility index (Phi) is 6.92. The molecule has 4 aromatic rings. The number of nitrogens with two attached hydrogens (primary N) is 1. The fourth-order valence-corrected chi connectivity index (χ4v) is 3.81. The number of halogens is 1. The number of hydrogen-bond donors (Lipinski definition) is 4. The van der Waals surface area contributed by atoms with Crippen molar-refractivity contribution in [3.8, 4) is 17.0 Å². The van der Waals surface area contributed by atoms with Crippen molar-refractivity contribution in [3.05, 3.63) is 101 Å². The molecule has 7 heteroatoms. The first-order valence-corrected chi connectivity index (χ1v) is 11.3. The summed E-state index contributed by atoms with van der Waals surface area (Å²) in [4.78, 5) is 7.96. The Bertz CT molecular complexity index is 1270. The molecular weight excluding hydrogens is 429 g/mol. The highest BCUT2D eigenvalue weighted by atomic mass is 19.1. The number of aromatic amines is 1. The summed E-state index contributed by atoms with van der Waals surface area (Å²) in [5.41, 5.74) is 10.2. The molecule has 174 valence electrons. The van der Waals surface area contributed by atoms with Crippen molar-refractivity contribution in [1.82, 2.24) is 9.97 Å². The largest absolute Gasteiger partial charge is 0.491 e. The fraction of sp³-hybridized carbons (Fsp3) is 0.185. The molecule has 0 fully saturated rings. The number of rotatable bonds is 9. The van der Waals surface area contributed by atoms with E-state index in [1.807, 2.05) is 62.4 Å². The Hall–Kier alpha value is -4.13. The molecule has 4 rings (SSSR count). The quantitative estimate of drug-likeness (QED) is 0.192. The fourth-order valence-electron chi connectivity index (χ4n) is 3.81. The Balaban J connectivity index is 1.80. The summed E-state index contributed by atoms with van der Waals surface area (Å²) < 4.78 is 21.3. The molecule has 0 aliphatic heterocycles. The van der Waals surface area contributed by atoms with Crippen LogP contribution in [-0.2, 0) is 6.42 Å². The summed E-state index contributed by atoms with van der Waals surface area (Å²) in [6.07, 6.45) is 2.49. The van der Waals surface area contributed by atoms with Crippen LogP contribution in [0.2, 0.25) is 0 Å². The summed E-state index contributed by atoms with van der Waals surface area (Å²) in [6.45, 7) is 4.23. The Morgan fingerprint density at radius 3 is 2.50 bits per heavy atom. The van der Waals surface area contributed by atoms with Gasteiger partial charge < -0.3 is 20.8 Å². The lowest BCUT2D eigenvalue weighted by molar-refractivity contribution is 0.319. The molecule has 5 N–H and O–H groups in total. The van der Waals surface area contributed by atoms with E-state index in [0.717, 1.165) is 28.9 Å². The smallest absolute Gasteiger partial charge is 0.170 e.